The Balaban J connectivity index is 2.28. The molecule has 0 fully saturated rings. The maximum absolute atomic E-state index is 13.1. The summed E-state index contributed by atoms with van der Waals surface area (Å²) in [6.45, 7) is 6.60. The lowest BCUT2D eigenvalue weighted by molar-refractivity contribution is 0.430. The molecule has 0 saturated heterocycles. The summed E-state index contributed by atoms with van der Waals surface area (Å²) >= 11 is 0. The number of halogens is 1. The number of benzene rings is 1. The van der Waals surface area contributed by atoms with Crippen LogP contribution in [0.3, 0.4) is 0 Å². The second-order valence-corrected chi connectivity index (χ2v) is 5.40. The largest absolute Gasteiger partial charge is 0.385 e. The molecule has 0 radical (unpaired) electrons. The minimum absolute atomic E-state index is 0.205. The van der Waals surface area contributed by atoms with E-state index in [-0.39, 0.29) is 11.2 Å². The summed E-state index contributed by atoms with van der Waals surface area (Å²) < 4.78 is 13.1. The number of aryl methyl sites for hydroxylation is 1. The van der Waals surface area contributed by atoms with Crippen molar-refractivity contribution in [1.82, 2.24) is 0 Å². The quantitative estimate of drug-likeness (QED) is 0.763. The topological polar surface area (TPSA) is 35.8 Å². The summed E-state index contributed by atoms with van der Waals surface area (Å²) in [5.41, 5.74) is 1.50. The van der Waals surface area contributed by atoms with E-state index >= 15 is 0 Å². The number of unbranched alkanes of at least 4 members (excludes halogenated alkanes) is 1. The SMILES string of the molecule is Cc1cc(F)cc(NCCCCC(C)(C)C#N)c1. The Morgan fingerprint density at radius 3 is 2.61 bits per heavy atom. The molecule has 0 aliphatic carbocycles. The van der Waals surface area contributed by atoms with E-state index in [1.165, 1.54) is 12.1 Å². The van der Waals surface area contributed by atoms with Crippen LogP contribution in [0.5, 0.6) is 0 Å². The maximum atomic E-state index is 13.1. The Morgan fingerprint density at radius 2 is 2.00 bits per heavy atom. The lowest BCUT2D eigenvalue weighted by Gasteiger charge is -2.14. The van der Waals surface area contributed by atoms with Crippen LogP contribution < -0.4 is 5.32 Å². The lowest BCUT2D eigenvalue weighted by atomic mass is 9.89. The van der Waals surface area contributed by atoms with Crippen molar-refractivity contribution < 1.29 is 4.39 Å². The van der Waals surface area contributed by atoms with Crippen molar-refractivity contribution in [3.8, 4) is 6.07 Å². The molecule has 0 spiro atoms. The van der Waals surface area contributed by atoms with Gasteiger partial charge in [0.15, 0.2) is 0 Å². The summed E-state index contributed by atoms with van der Waals surface area (Å²) in [6.07, 6.45) is 2.88. The van der Waals surface area contributed by atoms with Crippen molar-refractivity contribution in [3.63, 3.8) is 0 Å². The highest BCUT2D eigenvalue weighted by Gasteiger charge is 2.15. The van der Waals surface area contributed by atoms with E-state index in [4.69, 9.17) is 5.26 Å². The minimum Gasteiger partial charge on any atom is -0.385 e. The van der Waals surface area contributed by atoms with Gasteiger partial charge >= 0.3 is 0 Å². The number of nitriles is 1. The molecule has 0 aliphatic rings. The standard InChI is InChI=1S/C15H21FN2/c1-12-8-13(16)10-14(9-12)18-7-5-4-6-15(2,3)11-17/h8-10,18H,4-7H2,1-3H3. The van der Waals surface area contributed by atoms with Crippen molar-refractivity contribution in [2.75, 3.05) is 11.9 Å². The zero-order chi connectivity index (χ0) is 13.6. The van der Waals surface area contributed by atoms with Crippen LogP contribution in [0.25, 0.3) is 0 Å². The fourth-order valence-corrected chi connectivity index (χ4v) is 1.82. The first-order valence-corrected chi connectivity index (χ1v) is 6.35. The predicted octanol–water partition coefficient (Wildman–Crippen LogP) is 4.27. The number of rotatable bonds is 6. The van der Waals surface area contributed by atoms with Crippen LogP contribution in [0, 0.1) is 29.5 Å². The molecule has 0 atom stereocenters. The molecule has 1 aromatic rings. The van der Waals surface area contributed by atoms with Gasteiger partial charge in [-0.3, -0.25) is 0 Å². The summed E-state index contributed by atoms with van der Waals surface area (Å²) in [4.78, 5) is 0. The molecule has 1 N–H and O–H groups in total. The summed E-state index contributed by atoms with van der Waals surface area (Å²) in [5, 5.41) is 12.1. The number of nitrogens with zero attached hydrogens (tertiary/aromatic N) is 1. The minimum atomic E-state index is -0.241. The molecular formula is C15H21FN2. The molecule has 98 valence electrons. The van der Waals surface area contributed by atoms with Gasteiger partial charge in [0.1, 0.15) is 5.82 Å². The van der Waals surface area contributed by atoms with Crippen LogP contribution in [0.15, 0.2) is 18.2 Å². The van der Waals surface area contributed by atoms with Crippen LogP contribution in [-0.4, -0.2) is 6.54 Å². The van der Waals surface area contributed by atoms with E-state index in [0.717, 1.165) is 37.1 Å². The Hall–Kier alpha value is -1.56. The van der Waals surface area contributed by atoms with E-state index in [0.29, 0.717) is 0 Å². The van der Waals surface area contributed by atoms with Crippen molar-refractivity contribution >= 4 is 5.69 Å². The molecule has 3 heteroatoms. The van der Waals surface area contributed by atoms with Gasteiger partial charge in [0.2, 0.25) is 0 Å². The molecule has 0 unspecified atom stereocenters. The van der Waals surface area contributed by atoms with Crippen LogP contribution in [0.2, 0.25) is 0 Å². The van der Waals surface area contributed by atoms with Crippen LogP contribution in [0.4, 0.5) is 10.1 Å². The molecular weight excluding hydrogens is 227 g/mol. The molecule has 18 heavy (non-hydrogen) atoms. The van der Waals surface area contributed by atoms with E-state index in [1.54, 1.807) is 0 Å². The highest BCUT2D eigenvalue weighted by Crippen LogP contribution is 2.21. The predicted molar refractivity (Wildman–Crippen MR) is 72.9 cm³/mol. The first-order chi connectivity index (χ1) is 8.43. The van der Waals surface area contributed by atoms with Crippen molar-refractivity contribution in [2.45, 2.75) is 40.0 Å². The molecule has 2 nitrogen and oxygen atoms in total. The third kappa shape index (κ3) is 5.18. The Labute approximate surface area is 109 Å². The summed E-state index contributed by atoms with van der Waals surface area (Å²) in [7, 11) is 0. The molecule has 0 aliphatic heterocycles. The third-order valence-corrected chi connectivity index (χ3v) is 2.90. The molecule has 0 heterocycles. The van der Waals surface area contributed by atoms with Gasteiger partial charge < -0.3 is 5.32 Å². The zero-order valence-electron chi connectivity index (χ0n) is 11.4. The van der Waals surface area contributed by atoms with Crippen molar-refractivity contribution in [1.29, 1.82) is 5.26 Å². The average Bonchev–Trinajstić information content (AvgIpc) is 2.27. The van der Waals surface area contributed by atoms with E-state index in [9.17, 15) is 4.39 Å². The number of hydrogen-bond donors (Lipinski definition) is 1. The Morgan fingerprint density at radius 1 is 1.28 bits per heavy atom. The third-order valence-electron chi connectivity index (χ3n) is 2.90. The number of nitrogens with one attached hydrogen (secondary N) is 1. The van der Waals surface area contributed by atoms with E-state index in [2.05, 4.69) is 11.4 Å². The van der Waals surface area contributed by atoms with Gasteiger partial charge in [-0.1, -0.05) is 6.42 Å². The fraction of sp³-hybridized carbons (Fsp3) is 0.533. The van der Waals surface area contributed by atoms with Gasteiger partial charge in [-0.05, 0) is 57.4 Å². The molecule has 0 aromatic heterocycles. The molecule has 1 aromatic carbocycles. The van der Waals surface area contributed by atoms with Gasteiger partial charge in [-0.2, -0.15) is 5.26 Å². The number of anilines is 1. The Bertz CT molecular complexity index is 412. The second-order valence-electron chi connectivity index (χ2n) is 5.40. The highest BCUT2D eigenvalue weighted by molar-refractivity contribution is 5.45. The van der Waals surface area contributed by atoms with Gasteiger partial charge in [0, 0.05) is 12.2 Å². The molecule has 0 amide bonds. The highest BCUT2D eigenvalue weighted by atomic mass is 19.1. The molecule has 0 bridgehead atoms. The zero-order valence-corrected chi connectivity index (χ0v) is 11.4. The smallest absolute Gasteiger partial charge is 0.125 e. The molecule has 0 saturated carbocycles. The normalized spacial score (nSPS) is 11.1. The first kappa shape index (κ1) is 14.5. The van der Waals surface area contributed by atoms with E-state index in [1.807, 2.05) is 26.8 Å². The first-order valence-electron chi connectivity index (χ1n) is 6.35. The lowest BCUT2D eigenvalue weighted by Crippen LogP contribution is -2.09. The monoisotopic (exact) mass is 248 g/mol. The second kappa shape index (κ2) is 6.39. The van der Waals surface area contributed by atoms with Gasteiger partial charge in [-0.15, -0.1) is 0 Å². The summed E-state index contributed by atoms with van der Waals surface area (Å²) in [5.74, 6) is -0.205. The Kier molecular flexibility index (Phi) is 5.15. The van der Waals surface area contributed by atoms with Crippen LogP contribution in [0.1, 0.15) is 38.7 Å². The molecule has 1 rings (SSSR count). The van der Waals surface area contributed by atoms with Crippen molar-refractivity contribution in [3.05, 3.63) is 29.6 Å². The maximum Gasteiger partial charge on any atom is 0.125 e. The van der Waals surface area contributed by atoms with Crippen LogP contribution >= 0.6 is 0 Å². The fourth-order valence-electron chi connectivity index (χ4n) is 1.82. The van der Waals surface area contributed by atoms with Crippen LogP contribution in [-0.2, 0) is 0 Å². The number of hydrogen-bond acceptors (Lipinski definition) is 2. The van der Waals surface area contributed by atoms with Gasteiger partial charge in [-0.25, -0.2) is 4.39 Å². The van der Waals surface area contributed by atoms with Gasteiger partial charge in [0.25, 0.3) is 0 Å². The van der Waals surface area contributed by atoms with Crippen molar-refractivity contribution in [2.24, 2.45) is 5.41 Å². The average molecular weight is 248 g/mol. The summed E-state index contributed by atoms with van der Waals surface area (Å²) in [6, 6.07) is 7.25. The van der Waals surface area contributed by atoms with E-state index < -0.39 is 0 Å². The van der Waals surface area contributed by atoms with Gasteiger partial charge in [0.05, 0.1) is 11.5 Å².